The van der Waals surface area contributed by atoms with E-state index in [2.05, 4.69) is 9.88 Å². The largest absolute Gasteiger partial charge is 0.490 e. The second kappa shape index (κ2) is 7.45. The van der Waals surface area contributed by atoms with Crippen molar-refractivity contribution in [1.82, 2.24) is 9.88 Å². The molecule has 1 aromatic heterocycles. The lowest BCUT2D eigenvalue weighted by molar-refractivity contribution is 0.287. The summed E-state index contributed by atoms with van der Waals surface area (Å²) < 4.78 is 28.2. The number of hydrogen-bond donors (Lipinski definition) is 1. The Morgan fingerprint density at radius 2 is 1.78 bits per heavy atom. The van der Waals surface area contributed by atoms with E-state index >= 15 is 0 Å². The number of ether oxygens (including phenoxy) is 2. The molecule has 0 spiro atoms. The summed E-state index contributed by atoms with van der Waals surface area (Å²) in [6.45, 7) is 5.64. The summed E-state index contributed by atoms with van der Waals surface area (Å²) in [5, 5.41) is 3.50. The number of benzene rings is 2. The van der Waals surface area contributed by atoms with Gasteiger partial charge in [0.25, 0.3) is 0 Å². The number of nitrogens with one attached hydrogen (secondary N) is 1. The molecule has 27 heavy (non-hydrogen) atoms. The van der Waals surface area contributed by atoms with E-state index in [9.17, 15) is 4.39 Å². The lowest BCUT2D eigenvalue weighted by Crippen LogP contribution is -2.22. The summed E-state index contributed by atoms with van der Waals surface area (Å²) >= 11 is 0. The van der Waals surface area contributed by atoms with Crippen LogP contribution in [0.2, 0.25) is 0 Å². The van der Waals surface area contributed by atoms with Gasteiger partial charge in [-0.15, -0.1) is 0 Å². The average molecular weight is 366 g/mol. The van der Waals surface area contributed by atoms with E-state index in [1.54, 1.807) is 6.07 Å². The van der Waals surface area contributed by atoms with Crippen molar-refractivity contribution in [3.63, 3.8) is 0 Å². The molecule has 4 rings (SSSR count). The third-order valence-corrected chi connectivity index (χ3v) is 4.79. The zero-order valence-corrected chi connectivity index (χ0v) is 15.5. The number of rotatable bonds is 5. The zero-order valence-electron chi connectivity index (χ0n) is 15.5. The SMILES string of the molecule is CCOc1cc2c(cc1OCC)-n1cccc1[C@H](c1ccccc1F)NC2. The van der Waals surface area contributed by atoms with Crippen LogP contribution in [0, 0.1) is 5.82 Å². The fourth-order valence-corrected chi connectivity index (χ4v) is 3.64. The maximum atomic E-state index is 14.5. The Balaban J connectivity index is 1.84. The molecule has 140 valence electrons. The fraction of sp³-hybridized carbons (Fsp3) is 0.273. The molecule has 0 fully saturated rings. The molecule has 0 aliphatic carbocycles. The second-order valence-corrected chi connectivity index (χ2v) is 6.43. The minimum Gasteiger partial charge on any atom is -0.490 e. The number of fused-ring (bicyclic) bond motifs is 3. The first kappa shape index (κ1) is 17.6. The van der Waals surface area contributed by atoms with Gasteiger partial charge in [0, 0.05) is 30.1 Å². The van der Waals surface area contributed by atoms with Crippen LogP contribution in [0.4, 0.5) is 4.39 Å². The van der Waals surface area contributed by atoms with Crippen molar-refractivity contribution in [2.75, 3.05) is 13.2 Å². The zero-order chi connectivity index (χ0) is 18.8. The lowest BCUT2D eigenvalue weighted by atomic mass is 10.0. The van der Waals surface area contributed by atoms with Gasteiger partial charge in [-0.25, -0.2) is 4.39 Å². The Hall–Kier alpha value is -2.79. The van der Waals surface area contributed by atoms with Crippen molar-refractivity contribution in [1.29, 1.82) is 0 Å². The fourth-order valence-electron chi connectivity index (χ4n) is 3.64. The normalized spacial score (nSPS) is 15.6. The Labute approximate surface area is 158 Å². The smallest absolute Gasteiger partial charge is 0.163 e. The Morgan fingerprint density at radius 3 is 2.52 bits per heavy atom. The Kier molecular flexibility index (Phi) is 4.86. The summed E-state index contributed by atoms with van der Waals surface area (Å²) in [6, 6.07) is 14.7. The van der Waals surface area contributed by atoms with Crippen molar-refractivity contribution >= 4 is 0 Å². The van der Waals surface area contributed by atoms with Crippen LogP contribution < -0.4 is 14.8 Å². The van der Waals surface area contributed by atoms with Gasteiger partial charge in [-0.3, -0.25) is 0 Å². The van der Waals surface area contributed by atoms with Gasteiger partial charge < -0.3 is 19.4 Å². The first-order chi connectivity index (χ1) is 13.2. The first-order valence-corrected chi connectivity index (χ1v) is 9.30. The summed E-state index contributed by atoms with van der Waals surface area (Å²) in [4.78, 5) is 0. The van der Waals surface area contributed by atoms with Gasteiger partial charge in [-0.2, -0.15) is 0 Å². The lowest BCUT2D eigenvalue weighted by Gasteiger charge is -2.18. The highest BCUT2D eigenvalue weighted by molar-refractivity contribution is 5.56. The van der Waals surface area contributed by atoms with E-state index in [0.717, 1.165) is 28.4 Å². The minimum atomic E-state index is -0.236. The van der Waals surface area contributed by atoms with Crippen molar-refractivity contribution in [3.8, 4) is 17.2 Å². The summed E-state index contributed by atoms with van der Waals surface area (Å²) in [7, 11) is 0. The predicted octanol–water partition coefficient (Wildman–Crippen LogP) is 4.61. The third-order valence-electron chi connectivity index (χ3n) is 4.79. The highest BCUT2D eigenvalue weighted by Crippen LogP contribution is 2.37. The second-order valence-electron chi connectivity index (χ2n) is 6.43. The molecule has 0 saturated heterocycles. The molecule has 0 radical (unpaired) electrons. The van der Waals surface area contributed by atoms with Gasteiger partial charge in [-0.05, 0) is 43.7 Å². The van der Waals surface area contributed by atoms with Crippen molar-refractivity contribution in [2.24, 2.45) is 0 Å². The highest BCUT2D eigenvalue weighted by Gasteiger charge is 2.26. The van der Waals surface area contributed by atoms with E-state index in [1.807, 2.05) is 56.4 Å². The van der Waals surface area contributed by atoms with Gasteiger partial charge >= 0.3 is 0 Å². The van der Waals surface area contributed by atoms with Crippen molar-refractivity contribution < 1.29 is 13.9 Å². The van der Waals surface area contributed by atoms with Gasteiger partial charge in [0.15, 0.2) is 11.5 Å². The molecule has 3 aromatic rings. The molecule has 5 heteroatoms. The molecule has 2 heterocycles. The van der Waals surface area contributed by atoms with Gasteiger partial charge in [0.2, 0.25) is 0 Å². The molecule has 0 amide bonds. The average Bonchev–Trinajstić information content (AvgIpc) is 3.09. The molecule has 0 unspecified atom stereocenters. The molecule has 0 bridgehead atoms. The van der Waals surface area contributed by atoms with Gasteiger partial charge in [0.05, 0.1) is 24.9 Å². The predicted molar refractivity (Wildman–Crippen MR) is 103 cm³/mol. The number of aromatic nitrogens is 1. The highest BCUT2D eigenvalue weighted by atomic mass is 19.1. The molecule has 1 aliphatic heterocycles. The summed E-state index contributed by atoms with van der Waals surface area (Å²) in [6.07, 6.45) is 2.01. The Bertz CT molecular complexity index is 951. The maximum absolute atomic E-state index is 14.5. The number of nitrogens with zero attached hydrogens (tertiary/aromatic N) is 1. The molecule has 2 aromatic carbocycles. The van der Waals surface area contributed by atoms with E-state index < -0.39 is 0 Å². The molecule has 0 saturated carbocycles. The summed E-state index contributed by atoms with van der Waals surface area (Å²) in [5.74, 6) is 1.25. The number of hydrogen-bond acceptors (Lipinski definition) is 3. The van der Waals surface area contributed by atoms with Crippen LogP contribution in [0.3, 0.4) is 0 Å². The van der Waals surface area contributed by atoms with Crippen molar-refractivity contribution in [3.05, 3.63) is 77.4 Å². The standard InChI is InChI=1S/C22H23FN2O2/c1-3-26-20-12-15-14-24-22(16-8-5-6-9-17(16)23)18-10-7-11-25(18)19(15)13-21(20)27-4-2/h5-13,22,24H,3-4,14H2,1-2H3/t22-/m0/s1. The Morgan fingerprint density at radius 1 is 1.04 bits per heavy atom. The molecule has 4 nitrogen and oxygen atoms in total. The minimum absolute atomic E-state index is 0.210. The first-order valence-electron chi connectivity index (χ1n) is 9.30. The van der Waals surface area contributed by atoms with Gasteiger partial charge in [-0.1, -0.05) is 18.2 Å². The van der Waals surface area contributed by atoms with Crippen LogP contribution in [0.1, 0.15) is 36.7 Å². The molecule has 1 N–H and O–H groups in total. The molecule has 1 atom stereocenters. The number of halogens is 1. The van der Waals surface area contributed by atoms with Gasteiger partial charge in [0.1, 0.15) is 5.82 Å². The molecular weight excluding hydrogens is 343 g/mol. The van der Waals surface area contributed by atoms with E-state index in [0.29, 0.717) is 25.3 Å². The van der Waals surface area contributed by atoms with Crippen LogP contribution in [0.5, 0.6) is 11.5 Å². The van der Waals surface area contributed by atoms with E-state index in [1.165, 1.54) is 6.07 Å². The quantitative estimate of drug-likeness (QED) is 0.716. The van der Waals surface area contributed by atoms with Crippen LogP contribution in [-0.4, -0.2) is 17.8 Å². The molecular formula is C22H23FN2O2. The van der Waals surface area contributed by atoms with Crippen LogP contribution >= 0.6 is 0 Å². The third kappa shape index (κ3) is 3.19. The molecule has 1 aliphatic rings. The van der Waals surface area contributed by atoms with Crippen LogP contribution in [0.25, 0.3) is 5.69 Å². The summed E-state index contributed by atoms with van der Waals surface area (Å²) in [5.41, 5.74) is 3.73. The van der Waals surface area contributed by atoms with E-state index in [-0.39, 0.29) is 11.9 Å². The van der Waals surface area contributed by atoms with E-state index in [4.69, 9.17) is 9.47 Å². The van der Waals surface area contributed by atoms with Crippen LogP contribution in [-0.2, 0) is 6.54 Å². The topological polar surface area (TPSA) is 35.4 Å². The monoisotopic (exact) mass is 366 g/mol. The van der Waals surface area contributed by atoms with Crippen LogP contribution in [0.15, 0.2) is 54.7 Å². The van der Waals surface area contributed by atoms with Crippen molar-refractivity contribution in [2.45, 2.75) is 26.4 Å². The maximum Gasteiger partial charge on any atom is 0.163 e.